The largest absolute Gasteiger partial charge is 0.480 e. The van der Waals surface area contributed by atoms with Crippen LogP contribution in [0.4, 0.5) is 0 Å². The molecule has 1 aromatic heterocycles. The minimum absolute atomic E-state index is 0.0528. The molecule has 0 aliphatic heterocycles. The van der Waals surface area contributed by atoms with Gasteiger partial charge in [-0.1, -0.05) is 62.4 Å². The van der Waals surface area contributed by atoms with E-state index < -0.39 is 47.9 Å². The number of aromatic amines is 1. The summed E-state index contributed by atoms with van der Waals surface area (Å²) in [6.45, 7) is 3.92. The summed E-state index contributed by atoms with van der Waals surface area (Å²) in [5.74, 6) is -1.99. The first kappa shape index (κ1) is 32.7. The molecule has 42 heavy (non-hydrogen) atoms. The predicted molar refractivity (Wildman–Crippen MR) is 166 cm³/mol. The molecule has 3 aromatic rings. The number of para-hydroxylation sites is 1. The number of carbonyl (C=O) groups excluding carboxylic acids is 3. The highest BCUT2D eigenvalue weighted by Gasteiger charge is 2.31. The van der Waals surface area contributed by atoms with Gasteiger partial charge in [0.05, 0.1) is 6.04 Å². The number of carboxylic acid groups (broad SMARTS) is 1. The van der Waals surface area contributed by atoms with Crippen molar-refractivity contribution in [2.24, 2.45) is 11.7 Å². The Balaban J connectivity index is 1.79. The standard InChI is InChI=1S/C31H41N5O5S/c1-19(2)15-23(32)28(37)34-25(13-14-42-3)29(38)35-26(16-20-9-5-4-6-10-20)30(39)36-27(31(40)41)17-21-18-33-24-12-8-7-11-22(21)24/h4-12,18-19,23,25-27,33H,13-17,32H2,1-3H3,(H,34,37)(H,35,38)(H,36,39)(H,40,41). The molecule has 10 nitrogen and oxygen atoms in total. The van der Waals surface area contributed by atoms with Crippen molar-refractivity contribution in [2.45, 2.75) is 63.7 Å². The number of fused-ring (bicyclic) bond motifs is 1. The SMILES string of the molecule is CSCCC(NC(=O)C(N)CC(C)C)C(=O)NC(Cc1ccccc1)C(=O)NC(Cc1c[nH]c2ccccc12)C(=O)O. The van der Waals surface area contributed by atoms with E-state index in [1.165, 1.54) is 11.8 Å². The van der Waals surface area contributed by atoms with E-state index in [1.807, 2.05) is 74.7 Å². The van der Waals surface area contributed by atoms with E-state index in [-0.39, 0.29) is 18.8 Å². The van der Waals surface area contributed by atoms with E-state index in [2.05, 4.69) is 20.9 Å². The Labute approximate surface area is 250 Å². The summed E-state index contributed by atoms with van der Waals surface area (Å²) in [4.78, 5) is 55.1. The highest BCUT2D eigenvalue weighted by Crippen LogP contribution is 2.19. The molecular weight excluding hydrogens is 554 g/mol. The number of aliphatic carboxylic acids is 1. The lowest BCUT2D eigenvalue weighted by Crippen LogP contribution is -2.58. The van der Waals surface area contributed by atoms with Gasteiger partial charge in [0, 0.05) is 29.9 Å². The van der Waals surface area contributed by atoms with Crippen LogP contribution in [0, 0.1) is 5.92 Å². The van der Waals surface area contributed by atoms with Crippen molar-refractivity contribution >= 4 is 46.4 Å². The van der Waals surface area contributed by atoms with Gasteiger partial charge in [0.1, 0.15) is 18.1 Å². The lowest BCUT2D eigenvalue weighted by Gasteiger charge is -2.25. The number of carboxylic acids is 1. The molecule has 3 amide bonds. The summed E-state index contributed by atoms with van der Waals surface area (Å²) in [7, 11) is 0. The number of aromatic nitrogens is 1. The fourth-order valence-electron chi connectivity index (χ4n) is 4.72. The third-order valence-electron chi connectivity index (χ3n) is 6.93. The van der Waals surface area contributed by atoms with Crippen LogP contribution < -0.4 is 21.7 Å². The van der Waals surface area contributed by atoms with Crippen LogP contribution in [0.5, 0.6) is 0 Å². The number of hydrogen-bond acceptors (Lipinski definition) is 6. The third kappa shape index (κ3) is 9.63. The van der Waals surface area contributed by atoms with Gasteiger partial charge < -0.3 is 31.8 Å². The van der Waals surface area contributed by atoms with Gasteiger partial charge in [0.2, 0.25) is 17.7 Å². The Morgan fingerprint density at radius 2 is 1.48 bits per heavy atom. The van der Waals surface area contributed by atoms with Crippen molar-refractivity contribution < 1.29 is 24.3 Å². The van der Waals surface area contributed by atoms with E-state index >= 15 is 0 Å². The second kappa shape index (κ2) is 16.0. The van der Waals surface area contributed by atoms with Gasteiger partial charge in [0.25, 0.3) is 0 Å². The second-order valence-corrected chi connectivity index (χ2v) is 11.8. The van der Waals surface area contributed by atoms with E-state index in [0.29, 0.717) is 18.6 Å². The van der Waals surface area contributed by atoms with Crippen molar-refractivity contribution in [3.8, 4) is 0 Å². The maximum atomic E-state index is 13.6. The van der Waals surface area contributed by atoms with Crippen molar-refractivity contribution in [3.05, 3.63) is 71.9 Å². The van der Waals surface area contributed by atoms with E-state index in [4.69, 9.17) is 5.73 Å². The fourth-order valence-corrected chi connectivity index (χ4v) is 5.19. The summed E-state index contributed by atoms with van der Waals surface area (Å²) >= 11 is 1.53. The van der Waals surface area contributed by atoms with E-state index in [9.17, 15) is 24.3 Å². The van der Waals surface area contributed by atoms with Crippen molar-refractivity contribution in [2.75, 3.05) is 12.0 Å². The molecule has 0 saturated carbocycles. The second-order valence-electron chi connectivity index (χ2n) is 10.8. The van der Waals surface area contributed by atoms with Crippen molar-refractivity contribution in [1.82, 2.24) is 20.9 Å². The molecule has 0 fully saturated rings. The molecule has 0 saturated heterocycles. The average Bonchev–Trinajstić information content (AvgIpc) is 3.37. The highest BCUT2D eigenvalue weighted by molar-refractivity contribution is 7.98. The summed E-state index contributed by atoms with van der Waals surface area (Å²) < 4.78 is 0. The molecule has 2 aromatic carbocycles. The Morgan fingerprint density at radius 3 is 2.14 bits per heavy atom. The normalized spacial score (nSPS) is 14.1. The third-order valence-corrected chi connectivity index (χ3v) is 7.58. The summed E-state index contributed by atoms with van der Waals surface area (Å²) in [5, 5.41) is 19.0. The van der Waals surface area contributed by atoms with Crippen LogP contribution in [0.2, 0.25) is 0 Å². The molecule has 11 heteroatoms. The molecule has 0 aliphatic carbocycles. The van der Waals surface area contributed by atoms with E-state index in [1.54, 1.807) is 6.20 Å². The summed E-state index contributed by atoms with van der Waals surface area (Å²) in [6.07, 6.45) is 4.62. The molecule has 1 heterocycles. The quantitative estimate of drug-likeness (QED) is 0.148. The smallest absolute Gasteiger partial charge is 0.326 e. The summed E-state index contributed by atoms with van der Waals surface area (Å²) in [6, 6.07) is 12.7. The zero-order valence-electron chi connectivity index (χ0n) is 24.3. The maximum absolute atomic E-state index is 13.6. The van der Waals surface area contributed by atoms with Gasteiger partial charge in [-0.2, -0.15) is 11.8 Å². The number of nitrogens with one attached hydrogen (secondary N) is 4. The van der Waals surface area contributed by atoms with Crippen LogP contribution in [0.15, 0.2) is 60.8 Å². The highest BCUT2D eigenvalue weighted by atomic mass is 32.2. The molecule has 0 bridgehead atoms. The van der Waals surface area contributed by atoms with Gasteiger partial charge >= 0.3 is 5.97 Å². The Morgan fingerprint density at radius 1 is 0.857 bits per heavy atom. The zero-order chi connectivity index (χ0) is 30.6. The van der Waals surface area contributed by atoms with Crippen LogP contribution in [0.3, 0.4) is 0 Å². The zero-order valence-corrected chi connectivity index (χ0v) is 25.1. The number of benzene rings is 2. The monoisotopic (exact) mass is 595 g/mol. The number of thioether (sulfide) groups is 1. The Kier molecular flexibility index (Phi) is 12.4. The molecule has 4 unspecified atom stereocenters. The molecule has 0 spiro atoms. The van der Waals surface area contributed by atoms with Crippen molar-refractivity contribution in [3.63, 3.8) is 0 Å². The molecule has 226 valence electrons. The van der Waals surface area contributed by atoms with Crippen LogP contribution in [-0.2, 0) is 32.0 Å². The number of hydrogen-bond donors (Lipinski definition) is 6. The number of rotatable bonds is 16. The first-order chi connectivity index (χ1) is 20.1. The molecule has 7 N–H and O–H groups in total. The van der Waals surface area contributed by atoms with Gasteiger partial charge in [-0.15, -0.1) is 0 Å². The molecule has 3 rings (SSSR count). The lowest BCUT2D eigenvalue weighted by molar-refractivity contribution is -0.142. The minimum atomic E-state index is -1.23. The van der Waals surface area contributed by atoms with Crippen molar-refractivity contribution in [1.29, 1.82) is 0 Å². The Hall–Kier alpha value is -3.83. The molecule has 4 atom stereocenters. The van der Waals surface area contributed by atoms with Crippen LogP contribution in [0.1, 0.15) is 37.8 Å². The summed E-state index contributed by atoms with van der Waals surface area (Å²) in [5.41, 5.74) is 8.45. The maximum Gasteiger partial charge on any atom is 0.326 e. The first-order valence-electron chi connectivity index (χ1n) is 14.1. The van der Waals surface area contributed by atoms with Gasteiger partial charge in [-0.05, 0) is 48.0 Å². The Bertz CT molecular complexity index is 1350. The lowest BCUT2D eigenvalue weighted by atomic mass is 10.0. The number of amides is 3. The fraction of sp³-hybridized carbons (Fsp3) is 0.419. The molecule has 0 radical (unpaired) electrons. The number of H-pyrrole nitrogens is 1. The number of carbonyl (C=O) groups is 4. The molecule has 0 aliphatic rings. The first-order valence-corrected chi connectivity index (χ1v) is 15.5. The average molecular weight is 596 g/mol. The van der Waals surface area contributed by atoms with Gasteiger partial charge in [0.15, 0.2) is 0 Å². The van der Waals surface area contributed by atoms with Crippen LogP contribution in [0.25, 0.3) is 10.9 Å². The van der Waals surface area contributed by atoms with Gasteiger partial charge in [-0.3, -0.25) is 14.4 Å². The molecular formula is C31H41N5O5S. The van der Waals surface area contributed by atoms with Gasteiger partial charge in [-0.25, -0.2) is 4.79 Å². The van der Waals surface area contributed by atoms with Crippen LogP contribution in [-0.4, -0.2) is 70.0 Å². The van der Waals surface area contributed by atoms with Crippen LogP contribution >= 0.6 is 11.8 Å². The predicted octanol–water partition coefficient (Wildman–Crippen LogP) is 2.62. The topological polar surface area (TPSA) is 166 Å². The van der Waals surface area contributed by atoms with E-state index in [0.717, 1.165) is 22.0 Å². The number of nitrogens with two attached hydrogens (primary N) is 1. The minimum Gasteiger partial charge on any atom is -0.480 e.